The lowest BCUT2D eigenvalue weighted by Crippen LogP contribution is -2.30. The van der Waals surface area contributed by atoms with Crippen LogP contribution in [0.15, 0.2) is 0 Å². The molecule has 0 aromatic carbocycles. The number of unbranched alkanes of at least 4 members (excludes halogenated alkanes) is 33. The van der Waals surface area contributed by atoms with Crippen LogP contribution in [-0.4, -0.2) is 37.2 Å². The third-order valence-corrected chi connectivity index (χ3v) is 11.5. The highest BCUT2D eigenvalue weighted by Gasteiger charge is 2.19. The van der Waals surface area contributed by atoms with Crippen LogP contribution in [0, 0.1) is 5.92 Å². The van der Waals surface area contributed by atoms with Crippen molar-refractivity contribution in [1.82, 2.24) is 0 Å². The molecular formula is C51H98O6. The third-order valence-electron chi connectivity index (χ3n) is 11.5. The lowest BCUT2D eigenvalue weighted by atomic mass is 10.0. The number of hydrogen-bond donors (Lipinski definition) is 0. The third kappa shape index (κ3) is 45.3. The Hall–Kier alpha value is -1.59. The summed E-state index contributed by atoms with van der Waals surface area (Å²) < 4.78 is 16.7. The lowest BCUT2D eigenvalue weighted by molar-refractivity contribution is -0.167. The van der Waals surface area contributed by atoms with E-state index in [1.54, 1.807) is 0 Å². The van der Waals surface area contributed by atoms with E-state index in [4.69, 9.17) is 14.2 Å². The Labute approximate surface area is 355 Å². The minimum atomic E-state index is -0.759. The molecule has 0 amide bonds. The summed E-state index contributed by atoms with van der Waals surface area (Å²) in [5.74, 6) is -0.00407. The first-order valence-electron chi connectivity index (χ1n) is 25.4. The summed E-state index contributed by atoms with van der Waals surface area (Å²) in [5, 5.41) is 0. The van der Waals surface area contributed by atoms with Crippen LogP contribution >= 0.6 is 0 Å². The second-order valence-corrected chi connectivity index (χ2v) is 17.9. The summed E-state index contributed by atoms with van der Waals surface area (Å²) >= 11 is 0. The van der Waals surface area contributed by atoms with Crippen LogP contribution in [-0.2, 0) is 28.6 Å². The Bertz CT molecular complexity index is 857. The van der Waals surface area contributed by atoms with Crippen LogP contribution in [0.3, 0.4) is 0 Å². The Morgan fingerprint density at radius 1 is 0.333 bits per heavy atom. The van der Waals surface area contributed by atoms with E-state index < -0.39 is 6.10 Å². The molecule has 0 radical (unpaired) electrons. The first-order valence-corrected chi connectivity index (χ1v) is 25.4. The van der Waals surface area contributed by atoms with Crippen molar-refractivity contribution >= 4 is 17.9 Å². The maximum Gasteiger partial charge on any atom is 0.306 e. The first kappa shape index (κ1) is 55.4. The van der Waals surface area contributed by atoms with Crippen LogP contribution < -0.4 is 0 Å². The second kappa shape index (κ2) is 45.5. The average molecular weight is 807 g/mol. The molecule has 0 aromatic rings. The molecule has 0 N–H and O–H groups in total. The summed E-state index contributed by atoms with van der Waals surface area (Å²) in [7, 11) is 0. The van der Waals surface area contributed by atoms with Gasteiger partial charge in [0.2, 0.25) is 0 Å². The van der Waals surface area contributed by atoms with Gasteiger partial charge >= 0.3 is 17.9 Å². The smallest absolute Gasteiger partial charge is 0.306 e. The highest BCUT2D eigenvalue weighted by Crippen LogP contribution is 2.17. The molecule has 6 nitrogen and oxygen atoms in total. The van der Waals surface area contributed by atoms with Gasteiger partial charge in [0.1, 0.15) is 13.2 Å². The van der Waals surface area contributed by atoms with Gasteiger partial charge in [-0.3, -0.25) is 14.4 Å². The quantitative estimate of drug-likeness (QED) is 0.0346. The zero-order valence-corrected chi connectivity index (χ0v) is 38.8. The monoisotopic (exact) mass is 807 g/mol. The number of carbonyl (C=O) groups is 3. The number of esters is 3. The maximum absolute atomic E-state index is 12.7. The van der Waals surface area contributed by atoms with Crippen molar-refractivity contribution in [1.29, 1.82) is 0 Å². The van der Waals surface area contributed by atoms with E-state index >= 15 is 0 Å². The minimum Gasteiger partial charge on any atom is -0.462 e. The van der Waals surface area contributed by atoms with E-state index in [1.165, 1.54) is 180 Å². The van der Waals surface area contributed by atoms with E-state index in [-0.39, 0.29) is 31.1 Å². The van der Waals surface area contributed by atoms with Crippen molar-refractivity contribution in [2.24, 2.45) is 5.92 Å². The molecule has 0 saturated heterocycles. The van der Waals surface area contributed by atoms with Gasteiger partial charge in [-0.2, -0.15) is 0 Å². The second-order valence-electron chi connectivity index (χ2n) is 17.9. The normalized spacial score (nSPS) is 11.9. The topological polar surface area (TPSA) is 78.9 Å². The average Bonchev–Trinajstić information content (AvgIpc) is 3.19. The molecule has 0 saturated carbocycles. The Morgan fingerprint density at radius 2 is 0.579 bits per heavy atom. The summed E-state index contributed by atoms with van der Waals surface area (Å²) in [4.78, 5) is 37.7. The highest BCUT2D eigenvalue weighted by atomic mass is 16.6. The molecule has 0 rings (SSSR count). The Kier molecular flexibility index (Phi) is 44.2. The van der Waals surface area contributed by atoms with Crippen molar-refractivity contribution in [3.05, 3.63) is 0 Å². The van der Waals surface area contributed by atoms with Crippen molar-refractivity contribution in [3.63, 3.8) is 0 Å². The summed E-state index contributed by atoms with van der Waals surface area (Å²) in [6.07, 6.45) is 46.7. The van der Waals surface area contributed by atoms with Gasteiger partial charge in [-0.15, -0.1) is 0 Å². The van der Waals surface area contributed by atoms with Gasteiger partial charge in [0.25, 0.3) is 0 Å². The van der Waals surface area contributed by atoms with Crippen LogP contribution in [0.25, 0.3) is 0 Å². The number of hydrogen-bond acceptors (Lipinski definition) is 6. The van der Waals surface area contributed by atoms with E-state index in [0.717, 1.165) is 63.7 Å². The molecule has 1 atom stereocenters. The Morgan fingerprint density at radius 3 is 0.860 bits per heavy atom. The molecule has 0 aliphatic carbocycles. The van der Waals surface area contributed by atoms with Gasteiger partial charge < -0.3 is 14.2 Å². The van der Waals surface area contributed by atoms with Gasteiger partial charge in [0.05, 0.1) is 0 Å². The van der Waals surface area contributed by atoms with Crippen LogP contribution in [0.1, 0.15) is 285 Å². The van der Waals surface area contributed by atoms with Crippen molar-refractivity contribution in [2.45, 2.75) is 291 Å². The molecule has 0 spiro atoms. The van der Waals surface area contributed by atoms with Crippen molar-refractivity contribution in [2.75, 3.05) is 13.2 Å². The molecule has 0 aromatic heterocycles. The molecule has 57 heavy (non-hydrogen) atoms. The predicted molar refractivity (Wildman–Crippen MR) is 243 cm³/mol. The molecule has 0 aliphatic rings. The minimum absolute atomic E-state index is 0.0632. The van der Waals surface area contributed by atoms with Gasteiger partial charge in [0, 0.05) is 19.3 Å². The molecular weight excluding hydrogens is 709 g/mol. The van der Waals surface area contributed by atoms with Gasteiger partial charge in [-0.1, -0.05) is 246 Å². The van der Waals surface area contributed by atoms with Crippen LogP contribution in [0.4, 0.5) is 0 Å². The molecule has 0 fully saturated rings. The van der Waals surface area contributed by atoms with Gasteiger partial charge in [-0.05, 0) is 25.2 Å². The molecule has 0 bridgehead atoms. The van der Waals surface area contributed by atoms with E-state index in [0.29, 0.717) is 19.3 Å². The fraction of sp³-hybridized carbons (Fsp3) is 0.941. The van der Waals surface area contributed by atoms with Crippen LogP contribution in [0.2, 0.25) is 0 Å². The first-order chi connectivity index (χ1) is 27.9. The summed E-state index contributed by atoms with van der Waals surface area (Å²) in [6.45, 7) is 9.00. The SMILES string of the molecule is CCCCCCCCCCCCCCCCC(=O)OC[C@H](COC(=O)CCCCCCCCC)OC(=O)CCCCCCCCCCCCCCCCCC(C)C. The Balaban J connectivity index is 4.20. The van der Waals surface area contributed by atoms with E-state index in [9.17, 15) is 14.4 Å². The zero-order valence-electron chi connectivity index (χ0n) is 38.8. The zero-order chi connectivity index (χ0) is 41.7. The molecule has 0 heterocycles. The largest absolute Gasteiger partial charge is 0.462 e. The number of rotatable bonds is 46. The number of ether oxygens (including phenoxy) is 3. The van der Waals surface area contributed by atoms with Gasteiger partial charge in [0.15, 0.2) is 6.10 Å². The highest BCUT2D eigenvalue weighted by molar-refractivity contribution is 5.71. The predicted octanol–water partition coefficient (Wildman–Crippen LogP) is 16.3. The standard InChI is InChI=1S/C51H98O6/c1-5-7-9-11-13-14-15-16-21-24-27-31-35-39-43-50(53)56-46-48(45-55-49(52)42-38-34-29-12-10-8-6-2)57-51(54)44-40-36-32-28-25-22-19-17-18-20-23-26-30-33-37-41-47(3)4/h47-48H,5-46H2,1-4H3/t48-/m0/s1. The fourth-order valence-electron chi connectivity index (χ4n) is 7.69. The molecule has 338 valence electrons. The fourth-order valence-corrected chi connectivity index (χ4v) is 7.69. The summed E-state index contributed by atoms with van der Waals surface area (Å²) in [5.41, 5.74) is 0. The van der Waals surface area contributed by atoms with Crippen molar-refractivity contribution in [3.8, 4) is 0 Å². The van der Waals surface area contributed by atoms with E-state index in [1.807, 2.05) is 0 Å². The van der Waals surface area contributed by atoms with Gasteiger partial charge in [-0.25, -0.2) is 0 Å². The van der Waals surface area contributed by atoms with Crippen molar-refractivity contribution < 1.29 is 28.6 Å². The van der Waals surface area contributed by atoms with Crippen LogP contribution in [0.5, 0.6) is 0 Å². The summed E-state index contributed by atoms with van der Waals surface area (Å²) in [6, 6.07) is 0. The molecule has 6 heteroatoms. The van der Waals surface area contributed by atoms with E-state index in [2.05, 4.69) is 27.7 Å². The maximum atomic E-state index is 12.7. The lowest BCUT2D eigenvalue weighted by Gasteiger charge is -2.18. The molecule has 0 unspecified atom stereocenters. The molecule has 0 aliphatic heterocycles. The number of carbonyl (C=O) groups excluding carboxylic acids is 3.